The summed E-state index contributed by atoms with van der Waals surface area (Å²) in [5, 5.41) is 12.3. The Hall–Kier alpha value is -2.60. The van der Waals surface area contributed by atoms with E-state index in [1.807, 2.05) is 45.2 Å². The van der Waals surface area contributed by atoms with E-state index in [1.165, 1.54) is 0 Å². The minimum atomic E-state index is -0.0721. The predicted octanol–water partition coefficient (Wildman–Crippen LogP) is 3.47. The summed E-state index contributed by atoms with van der Waals surface area (Å²) >= 11 is 6.01. The Bertz CT molecular complexity index is 950. The highest BCUT2D eigenvalue weighted by atomic mass is 35.5. The van der Waals surface area contributed by atoms with Crippen molar-refractivity contribution in [2.45, 2.75) is 20.3 Å². The number of fused-ring (bicyclic) bond motifs is 1. The summed E-state index contributed by atoms with van der Waals surface area (Å²) in [6, 6.07) is 7.61. The van der Waals surface area contributed by atoms with Gasteiger partial charge < -0.3 is 10.6 Å². The quantitative estimate of drug-likeness (QED) is 0.651. The first-order valence-electron chi connectivity index (χ1n) is 8.54. The van der Waals surface area contributed by atoms with Gasteiger partial charge in [-0.25, -0.2) is 0 Å². The molecule has 3 aromatic rings. The van der Waals surface area contributed by atoms with E-state index in [9.17, 15) is 4.79 Å². The lowest BCUT2D eigenvalue weighted by Gasteiger charge is -2.10. The van der Waals surface area contributed by atoms with Crippen LogP contribution in [0.1, 0.15) is 28.2 Å². The fourth-order valence-electron chi connectivity index (χ4n) is 2.98. The Kier molecular flexibility index (Phi) is 5.42. The molecule has 0 aliphatic carbocycles. The van der Waals surface area contributed by atoms with Crippen LogP contribution in [0.5, 0.6) is 0 Å². The third-order valence-corrected chi connectivity index (χ3v) is 4.63. The fourth-order valence-corrected chi connectivity index (χ4v) is 3.15. The molecule has 3 rings (SSSR count). The number of halogens is 1. The predicted molar refractivity (Wildman–Crippen MR) is 105 cm³/mol. The maximum Gasteiger partial charge on any atom is 0.255 e. The molecule has 2 heterocycles. The van der Waals surface area contributed by atoms with Gasteiger partial charge in [0.1, 0.15) is 0 Å². The van der Waals surface area contributed by atoms with Crippen LogP contribution in [0, 0.1) is 13.8 Å². The van der Waals surface area contributed by atoms with Gasteiger partial charge >= 0.3 is 0 Å². The number of carbonyl (C=O) groups excluding carboxylic acids is 1. The normalized spacial score (nSPS) is 10.9. The molecule has 0 atom stereocenters. The first-order chi connectivity index (χ1) is 12.5. The van der Waals surface area contributed by atoms with Crippen LogP contribution >= 0.6 is 11.6 Å². The lowest BCUT2D eigenvalue weighted by Crippen LogP contribution is -2.26. The maximum absolute atomic E-state index is 12.3. The molecule has 0 fully saturated rings. The summed E-state index contributed by atoms with van der Waals surface area (Å²) in [6.07, 6.45) is 2.57. The Morgan fingerprint density at radius 2 is 2.04 bits per heavy atom. The van der Waals surface area contributed by atoms with Crippen LogP contribution in [0.3, 0.4) is 0 Å². The third kappa shape index (κ3) is 3.80. The lowest BCUT2D eigenvalue weighted by atomic mass is 10.2. The third-order valence-electron chi connectivity index (χ3n) is 4.40. The highest BCUT2D eigenvalue weighted by molar-refractivity contribution is 6.31. The van der Waals surface area contributed by atoms with E-state index in [2.05, 4.69) is 20.7 Å². The van der Waals surface area contributed by atoms with Crippen molar-refractivity contribution in [1.82, 2.24) is 20.1 Å². The summed E-state index contributed by atoms with van der Waals surface area (Å²) in [6.45, 7) is 5.09. The molecule has 0 aliphatic heterocycles. The van der Waals surface area contributed by atoms with Gasteiger partial charge in [-0.2, -0.15) is 5.10 Å². The number of hydrogen-bond acceptors (Lipinski definition) is 4. The minimum absolute atomic E-state index is 0.0721. The summed E-state index contributed by atoms with van der Waals surface area (Å²) in [7, 11) is 1.84. The molecule has 7 heteroatoms. The van der Waals surface area contributed by atoms with Gasteiger partial charge in [-0.1, -0.05) is 11.6 Å². The Balaban J connectivity index is 1.53. The van der Waals surface area contributed by atoms with E-state index in [4.69, 9.17) is 11.6 Å². The number of aromatic nitrogens is 3. The molecule has 0 bridgehead atoms. The molecule has 26 heavy (non-hydrogen) atoms. The monoisotopic (exact) mass is 371 g/mol. The Morgan fingerprint density at radius 1 is 1.23 bits per heavy atom. The molecule has 0 radical (unpaired) electrons. The highest BCUT2D eigenvalue weighted by Crippen LogP contribution is 2.24. The zero-order valence-electron chi connectivity index (χ0n) is 15.1. The van der Waals surface area contributed by atoms with Gasteiger partial charge in [0, 0.05) is 48.1 Å². The number of nitrogens with one attached hydrogen (secondary N) is 2. The molecular weight excluding hydrogens is 350 g/mol. The second kappa shape index (κ2) is 7.74. The first-order valence-corrected chi connectivity index (χ1v) is 8.91. The molecule has 0 saturated carbocycles. The molecule has 136 valence electrons. The van der Waals surface area contributed by atoms with Crippen LogP contribution in [0.2, 0.25) is 5.02 Å². The van der Waals surface area contributed by atoms with E-state index in [0.29, 0.717) is 17.1 Å². The molecule has 0 aliphatic rings. The molecule has 0 unspecified atom stereocenters. The van der Waals surface area contributed by atoms with Crippen LogP contribution in [0.4, 0.5) is 5.69 Å². The Labute approximate surface area is 157 Å². The standard InChI is InChI=1S/C19H22ClN5O/c1-12-18(13(2)25(3)24-12)19(26)23-9-4-8-21-16-7-10-22-17-11-14(20)5-6-15(16)17/h5-7,10-11H,4,8-9H2,1-3H3,(H,21,22)(H,23,26). The van der Waals surface area contributed by atoms with Crippen LogP contribution in [0.25, 0.3) is 10.9 Å². The number of pyridine rings is 1. The largest absolute Gasteiger partial charge is 0.384 e. The minimum Gasteiger partial charge on any atom is -0.384 e. The lowest BCUT2D eigenvalue weighted by molar-refractivity contribution is 0.0952. The van der Waals surface area contributed by atoms with Gasteiger partial charge in [-0.05, 0) is 44.5 Å². The highest BCUT2D eigenvalue weighted by Gasteiger charge is 2.16. The van der Waals surface area contributed by atoms with Gasteiger partial charge in [0.15, 0.2) is 0 Å². The van der Waals surface area contributed by atoms with Crippen molar-refractivity contribution >= 4 is 34.1 Å². The van der Waals surface area contributed by atoms with Crippen molar-refractivity contribution in [3.05, 3.63) is 52.4 Å². The number of nitrogens with zero attached hydrogens (tertiary/aromatic N) is 3. The van der Waals surface area contributed by atoms with Gasteiger partial charge in [0.25, 0.3) is 5.91 Å². The molecule has 0 spiro atoms. The summed E-state index contributed by atoms with van der Waals surface area (Å²) < 4.78 is 1.73. The second-order valence-electron chi connectivity index (χ2n) is 6.23. The summed E-state index contributed by atoms with van der Waals surface area (Å²) in [4.78, 5) is 16.7. The SMILES string of the molecule is Cc1nn(C)c(C)c1C(=O)NCCCNc1ccnc2cc(Cl)ccc12. The van der Waals surface area contributed by atoms with E-state index >= 15 is 0 Å². The van der Waals surface area contributed by atoms with Crippen molar-refractivity contribution in [2.24, 2.45) is 7.05 Å². The van der Waals surface area contributed by atoms with Gasteiger partial charge in [-0.3, -0.25) is 14.5 Å². The topological polar surface area (TPSA) is 71.8 Å². The summed E-state index contributed by atoms with van der Waals surface area (Å²) in [5.41, 5.74) is 4.16. The van der Waals surface area contributed by atoms with Crippen LogP contribution < -0.4 is 10.6 Å². The van der Waals surface area contributed by atoms with Crippen molar-refractivity contribution < 1.29 is 4.79 Å². The zero-order valence-corrected chi connectivity index (χ0v) is 15.9. The molecule has 1 amide bonds. The number of aryl methyl sites for hydroxylation is 2. The molecular formula is C19H22ClN5O. The van der Waals surface area contributed by atoms with E-state index in [-0.39, 0.29) is 5.91 Å². The number of rotatable bonds is 6. The number of amides is 1. The van der Waals surface area contributed by atoms with Crippen LogP contribution in [0.15, 0.2) is 30.5 Å². The smallest absolute Gasteiger partial charge is 0.255 e. The average Bonchev–Trinajstić information content (AvgIpc) is 2.86. The number of anilines is 1. The average molecular weight is 372 g/mol. The van der Waals surface area contributed by atoms with Gasteiger partial charge in [-0.15, -0.1) is 0 Å². The zero-order chi connectivity index (χ0) is 18.7. The molecule has 1 aromatic carbocycles. The van der Waals surface area contributed by atoms with E-state index < -0.39 is 0 Å². The first kappa shape index (κ1) is 18.2. The molecule has 2 N–H and O–H groups in total. The molecule has 0 saturated heterocycles. The second-order valence-corrected chi connectivity index (χ2v) is 6.66. The number of hydrogen-bond donors (Lipinski definition) is 2. The summed E-state index contributed by atoms with van der Waals surface area (Å²) in [5.74, 6) is -0.0721. The van der Waals surface area contributed by atoms with Crippen molar-refractivity contribution in [1.29, 1.82) is 0 Å². The maximum atomic E-state index is 12.3. The van der Waals surface area contributed by atoms with Crippen molar-refractivity contribution in [3.8, 4) is 0 Å². The van der Waals surface area contributed by atoms with Gasteiger partial charge in [0.2, 0.25) is 0 Å². The van der Waals surface area contributed by atoms with E-state index in [0.717, 1.165) is 40.9 Å². The number of carbonyl (C=O) groups is 1. The molecule has 2 aromatic heterocycles. The van der Waals surface area contributed by atoms with Crippen LogP contribution in [-0.4, -0.2) is 33.8 Å². The van der Waals surface area contributed by atoms with Gasteiger partial charge in [0.05, 0.1) is 16.8 Å². The fraction of sp³-hybridized carbons (Fsp3) is 0.316. The van der Waals surface area contributed by atoms with Crippen LogP contribution in [-0.2, 0) is 7.05 Å². The Morgan fingerprint density at radius 3 is 2.77 bits per heavy atom. The number of benzene rings is 1. The van der Waals surface area contributed by atoms with Crippen molar-refractivity contribution in [2.75, 3.05) is 18.4 Å². The van der Waals surface area contributed by atoms with E-state index in [1.54, 1.807) is 10.9 Å². The van der Waals surface area contributed by atoms with Crippen molar-refractivity contribution in [3.63, 3.8) is 0 Å². The molecule has 6 nitrogen and oxygen atoms in total.